The Morgan fingerprint density at radius 1 is 1.38 bits per heavy atom. The van der Waals surface area contributed by atoms with Crippen LogP contribution in [0.3, 0.4) is 0 Å². The highest BCUT2D eigenvalue weighted by Crippen LogP contribution is 2.23. The quantitative estimate of drug-likeness (QED) is 0.723. The van der Waals surface area contributed by atoms with Crippen LogP contribution < -0.4 is 5.56 Å². The number of rotatable bonds is 6. The molecule has 0 aliphatic rings. The Bertz CT molecular complexity index is 893. The van der Waals surface area contributed by atoms with Crippen LogP contribution in [0, 0.1) is 0 Å². The molecule has 24 heavy (non-hydrogen) atoms. The summed E-state index contributed by atoms with van der Waals surface area (Å²) in [4.78, 5) is 16.6. The van der Waals surface area contributed by atoms with E-state index < -0.39 is 6.10 Å². The zero-order valence-corrected chi connectivity index (χ0v) is 14.0. The van der Waals surface area contributed by atoms with Crippen LogP contribution in [-0.2, 0) is 17.9 Å². The van der Waals surface area contributed by atoms with E-state index in [1.54, 1.807) is 18.4 Å². The van der Waals surface area contributed by atoms with Gasteiger partial charge >= 0.3 is 0 Å². The lowest BCUT2D eigenvalue weighted by atomic mass is 10.2. The number of halogens is 2. The lowest BCUT2D eigenvalue weighted by Crippen LogP contribution is -2.29. The van der Waals surface area contributed by atoms with Gasteiger partial charge in [0.15, 0.2) is 0 Å². The van der Waals surface area contributed by atoms with Crippen LogP contribution in [0.15, 0.2) is 46.1 Å². The standard InChI is InChI=1S/C16H14Cl2N2O4/c17-10-4-13-15(14(18)5-10)19-9-20(16(13)22)6-11(21)7-23-8-12-2-1-3-24-12/h1-5,9,11,21H,6-8H2. The van der Waals surface area contributed by atoms with Gasteiger partial charge in [-0.15, -0.1) is 0 Å². The summed E-state index contributed by atoms with van der Waals surface area (Å²) in [5.41, 5.74) is 0.0559. The highest BCUT2D eigenvalue weighted by Gasteiger charge is 2.12. The van der Waals surface area contributed by atoms with Crippen molar-refractivity contribution in [2.24, 2.45) is 0 Å². The molecule has 2 heterocycles. The van der Waals surface area contributed by atoms with Gasteiger partial charge in [-0.1, -0.05) is 23.2 Å². The van der Waals surface area contributed by atoms with Crippen LogP contribution >= 0.6 is 23.2 Å². The van der Waals surface area contributed by atoms with Crippen molar-refractivity contribution in [1.82, 2.24) is 9.55 Å². The summed E-state index contributed by atoms with van der Waals surface area (Å²) in [6.45, 7) is 0.353. The molecule has 0 bridgehead atoms. The summed E-state index contributed by atoms with van der Waals surface area (Å²) in [6.07, 6.45) is 2.03. The van der Waals surface area contributed by atoms with Crippen LogP contribution in [0.25, 0.3) is 10.9 Å². The van der Waals surface area contributed by atoms with Crippen LogP contribution in [0.1, 0.15) is 5.76 Å². The van der Waals surface area contributed by atoms with Gasteiger partial charge in [0.05, 0.1) is 47.8 Å². The van der Waals surface area contributed by atoms with Gasteiger partial charge in [-0.25, -0.2) is 4.98 Å². The second kappa shape index (κ2) is 7.36. The maximum absolute atomic E-state index is 12.5. The first-order valence-corrected chi connectivity index (χ1v) is 7.92. The lowest BCUT2D eigenvalue weighted by molar-refractivity contribution is 0.0142. The maximum Gasteiger partial charge on any atom is 0.261 e. The van der Waals surface area contributed by atoms with Gasteiger partial charge in [0, 0.05) is 5.02 Å². The van der Waals surface area contributed by atoms with Crippen molar-refractivity contribution in [3.63, 3.8) is 0 Å². The van der Waals surface area contributed by atoms with E-state index in [0.717, 1.165) is 0 Å². The fourth-order valence-corrected chi connectivity index (χ4v) is 2.84. The Morgan fingerprint density at radius 3 is 2.96 bits per heavy atom. The number of benzene rings is 1. The minimum Gasteiger partial charge on any atom is -0.467 e. The third-order valence-electron chi connectivity index (χ3n) is 3.39. The number of aliphatic hydroxyl groups excluding tert-OH is 1. The summed E-state index contributed by atoms with van der Waals surface area (Å²) in [7, 11) is 0. The number of fused-ring (bicyclic) bond motifs is 1. The van der Waals surface area contributed by atoms with E-state index in [-0.39, 0.29) is 25.3 Å². The smallest absolute Gasteiger partial charge is 0.261 e. The summed E-state index contributed by atoms with van der Waals surface area (Å²) >= 11 is 12.0. The fourth-order valence-electron chi connectivity index (χ4n) is 2.29. The van der Waals surface area contributed by atoms with Crippen molar-refractivity contribution < 1.29 is 14.3 Å². The molecule has 3 aromatic rings. The van der Waals surface area contributed by atoms with Crippen molar-refractivity contribution in [3.05, 3.63) is 63.0 Å². The average Bonchev–Trinajstić information content (AvgIpc) is 3.04. The average molecular weight is 369 g/mol. The van der Waals surface area contributed by atoms with Crippen molar-refractivity contribution in [3.8, 4) is 0 Å². The molecular weight excluding hydrogens is 355 g/mol. The van der Waals surface area contributed by atoms with Crippen LogP contribution in [-0.4, -0.2) is 27.4 Å². The van der Waals surface area contributed by atoms with Crippen molar-refractivity contribution in [1.29, 1.82) is 0 Å². The third kappa shape index (κ3) is 3.79. The van der Waals surface area contributed by atoms with Crippen molar-refractivity contribution >= 4 is 34.1 Å². The van der Waals surface area contributed by atoms with Gasteiger partial charge in [0.1, 0.15) is 12.4 Å². The van der Waals surface area contributed by atoms with Crippen LogP contribution in [0.5, 0.6) is 0 Å². The van der Waals surface area contributed by atoms with E-state index in [1.165, 1.54) is 23.0 Å². The molecule has 2 aromatic heterocycles. The van der Waals surface area contributed by atoms with E-state index in [4.69, 9.17) is 32.4 Å². The summed E-state index contributed by atoms with van der Waals surface area (Å²) in [5, 5.41) is 11.0. The molecule has 1 unspecified atom stereocenters. The van der Waals surface area contributed by atoms with Crippen LogP contribution in [0.2, 0.25) is 10.0 Å². The Morgan fingerprint density at radius 2 is 2.21 bits per heavy atom. The number of hydrogen-bond acceptors (Lipinski definition) is 5. The zero-order valence-electron chi connectivity index (χ0n) is 12.5. The second-order valence-corrected chi connectivity index (χ2v) is 6.08. The van der Waals surface area contributed by atoms with Gasteiger partial charge in [0.25, 0.3) is 5.56 Å². The Kier molecular flexibility index (Phi) is 5.20. The molecule has 0 aliphatic carbocycles. The molecule has 126 valence electrons. The molecule has 1 N–H and O–H groups in total. The first-order valence-electron chi connectivity index (χ1n) is 7.17. The number of nitrogens with zero attached hydrogens (tertiary/aromatic N) is 2. The minimum atomic E-state index is -0.869. The molecule has 0 amide bonds. The lowest BCUT2D eigenvalue weighted by Gasteiger charge is -2.13. The molecule has 1 aromatic carbocycles. The first-order chi connectivity index (χ1) is 11.5. The van der Waals surface area contributed by atoms with Crippen LogP contribution in [0.4, 0.5) is 0 Å². The third-order valence-corrected chi connectivity index (χ3v) is 3.89. The predicted octanol–water partition coefficient (Wildman–Crippen LogP) is 2.87. The number of furan rings is 1. The molecule has 0 saturated carbocycles. The monoisotopic (exact) mass is 368 g/mol. The van der Waals surface area contributed by atoms with E-state index in [0.29, 0.717) is 26.7 Å². The summed E-state index contributed by atoms with van der Waals surface area (Å²) < 4.78 is 11.8. The Balaban J connectivity index is 1.70. The molecule has 1 atom stereocenters. The number of aromatic nitrogens is 2. The molecule has 0 fully saturated rings. The molecule has 6 nitrogen and oxygen atoms in total. The normalized spacial score (nSPS) is 12.6. The van der Waals surface area contributed by atoms with Gasteiger partial charge in [-0.05, 0) is 24.3 Å². The zero-order chi connectivity index (χ0) is 17.1. The molecule has 0 spiro atoms. The molecule has 3 rings (SSSR count). The van der Waals surface area contributed by atoms with E-state index in [1.807, 2.05) is 0 Å². The van der Waals surface area contributed by atoms with Gasteiger partial charge in [-0.2, -0.15) is 0 Å². The van der Waals surface area contributed by atoms with E-state index in [2.05, 4.69) is 4.98 Å². The van der Waals surface area contributed by atoms with Gasteiger partial charge in [-0.3, -0.25) is 9.36 Å². The predicted molar refractivity (Wildman–Crippen MR) is 90.4 cm³/mol. The largest absolute Gasteiger partial charge is 0.467 e. The second-order valence-electron chi connectivity index (χ2n) is 5.23. The molecule has 8 heteroatoms. The molecule has 0 saturated heterocycles. The fraction of sp³-hybridized carbons (Fsp3) is 0.250. The number of aliphatic hydroxyl groups is 1. The maximum atomic E-state index is 12.5. The van der Waals surface area contributed by atoms with E-state index >= 15 is 0 Å². The SMILES string of the molecule is O=c1c2cc(Cl)cc(Cl)c2ncn1CC(O)COCc1ccco1. The van der Waals surface area contributed by atoms with Gasteiger partial charge in [0.2, 0.25) is 0 Å². The summed E-state index contributed by atoms with van der Waals surface area (Å²) in [6, 6.07) is 6.57. The highest BCUT2D eigenvalue weighted by molar-refractivity contribution is 6.38. The molecular formula is C16H14Cl2N2O4. The van der Waals surface area contributed by atoms with Crippen molar-refractivity contribution in [2.45, 2.75) is 19.3 Å². The topological polar surface area (TPSA) is 77.5 Å². The van der Waals surface area contributed by atoms with E-state index in [9.17, 15) is 9.90 Å². The summed E-state index contributed by atoms with van der Waals surface area (Å²) in [5.74, 6) is 0.663. The number of ether oxygens (including phenoxy) is 1. The highest BCUT2D eigenvalue weighted by atomic mass is 35.5. The Hall–Kier alpha value is -1.86. The Labute approximate surface area is 147 Å². The molecule has 0 aliphatic heterocycles. The number of hydrogen-bond donors (Lipinski definition) is 1. The minimum absolute atomic E-state index is 0.0457. The van der Waals surface area contributed by atoms with Crippen molar-refractivity contribution in [2.75, 3.05) is 6.61 Å². The van der Waals surface area contributed by atoms with Gasteiger partial charge < -0.3 is 14.3 Å². The molecule has 0 radical (unpaired) electrons. The first kappa shape index (κ1) is 17.0.